The van der Waals surface area contributed by atoms with Crippen molar-refractivity contribution in [3.8, 4) is 23.0 Å². The van der Waals surface area contributed by atoms with Crippen LogP contribution in [0.15, 0.2) is 60.7 Å². The van der Waals surface area contributed by atoms with Crippen molar-refractivity contribution in [2.45, 2.75) is 45.8 Å². The number of fused-ring (bicyclic) bond motifs is 1. The maximum absolute atomic E-state index is 13.3. The molecule has 2 aliphatic rings. The Morgan fingerprint density at radius 3 is 2.47 bits per heavy atom. The first kappa shape index (κ1) is 26.0. The van der Waals surface area contributed by atoms with E-state index in [0.29, 0.717) is 29.5 Å². The Bertz CT molecular complexity index is 1340. The molecule has 1 fully saturated rings. The number of rotatable bonds is 7. The van der Waals surface area contributed by atoms with E-state index < -0.39 is 23.8 Å². The third kappa shape index (κ3) is 5.20. The molecular weight excluding hydrogens is 488 g/mol. The van der Waals surface area contributed by atoms with E-state index in [4.69, 9.17) is 9.47 Å². The van der Waals surface area contributed by atoms with Crippen LogP contribution in [0.3, 0.4) is 0 Å². The molecular formula is C31H33F2NO4. The van der Waals surface area contributed by atoms with Crippen LogP contribution >= 0.6 is 0 Å². The summed E-state index contributed by atoms with van der Waals surface area (Å²) in [7, 11) is 0. The van der Waals surface area contributed by atoms with Gasteiger partial charge in [0.1, 0.15) is 35.7 Å². The lowest BCUT2D eigenvalue weighted by atomic mass is 9.85. The second-order valence-corrected chi connectivity index (χ2v) is 10.4. The van der Waals surface area contributed by atoms with E-state index in [0.717, 1.165) is 41.5 Å². The van der Waals surface area contributed by atoms with Crippen LogP contribution in [0.1, 0.15) is 62.0 Å². The molecule has 7 heteroatoms. The Hall–Kier alpha value is -3.58. The minimum Gasteiger partial charge on any atom is -0.508 e. The zero-order valence-corrected chi connectivity index (χ0v) is 21.8. The van der Waals surface area contributed by atoms with Gasteiger partial charge in [-0.3, -0.25) is 4.90 Å². The molecule has 1 saturated heterocycles. The molecule has 2 heterocycles. The van der Waals surface area contributed by atoms with Crippen molar-refractivity contribution in [1.82, 2.24) is 4.90 Å². The third-order valence-electron chi connectivity index (χ3n) is 7.61. The number of halogens is 2. The van der Waals surface area contributed by atoms with E-state index in [1.54, 1.807) is 24.3 Å². The van der Waals surface area contributed by atoms with E-state index >= 15 is 0 Å². The van der Waals surface area contributed by atoms with Gasteiger partial charge < -0.3 is 19.7 Å². The van der Waals surface area contributed by atoms with Gasteiger partial charge in [0.15, 0.2) is 0 Å². The number of hydrogen-bond donors (Lipinski definition) is 2. The van der Waals surface area contributed by atoms with Gasteiger partial charge in [-0.25, -0.2) is 8.78 Å². The lowest BCUT2D eigenvalue weighted by Gasteiger charge is -2.31. The Morgan fingerprint density at radius 1 is 1.05 bits per heavy atom. The Morgan fingerprint density at radius 2 is 1.82 bits per heavy atom. The summed E-state index contributed by atoms with van der Waals surface area (Å²) < 4.78 is 39.0. The van der Waals surface area contributed by atoms with Crippen molar-refractivity contribution < 1.29 is 28.5 Å². The monoisotopic (exact) mass is 521 g/mol. The zero-order chi connectivity index (χ0) is 27.0. The smallest absolute Gasteiger partial charge is 0.267 e. The van der Waals surface area contributed by atoms with Gasteiger partial charge in [-0.15, -0.1) is 0 Å². The Labute approximate surface area is 221 Å². The molecule has 0 saturated carbocycles. The van der Waals surface area contributed by atoms with Crippen LogP contribution in [0.5, 0.6) is 23.0 Å². The Balaban J connectivity index is 1.43. The summed E-state index contributed by atoms with van der Waals surface area (Å²) in [5.41, 5.74) is 3.26. The van der Waals surface area contributed by atoms with Gasteiger partial charge >= 0.3 is 0 Å². The molecule has 2 aliphatic heterocycles. The maximum atomic E-state index is 13.3. The predicted octanol–water partition coefficient (Wildman–Crippen LogP) is 7.21. The summed E-state index contributed by atoms with van der Waals surface area (Å²) in [5.74, 6) is 1.72. The highest BCUT2D eigenvalue weighted by molar-refractivity contribution is 5.96. The van der Waals surface area contributed by atoms with E-state index in [-0.39, 0.29) is 5.75 Å². The average Bonchev–Trinajstić information content (AvgIpc) is 3.34. The van der Waals surface area contributed by atoms with Crippen LogP contribution in [0.2, 0.25) is 0 Å². The molecule has 38 heavy (non-hydrogen) atoms. The summed E-state index contributed by atoms with van der Waals surface area (Å²) in [5, 5.41) is 20.4. The molecule has 0 aromatic heterocycles. The lowest BCUT2D eigenvalue weighted by molar-refractivity contribution is 0.147. The van der Waals surface area contributed by atoms with Gasteiger partial charge in [0.2, 0.25) is 0 Å². The molecule has 3 aromatic rings. The lowest BCUT2D eigenvalue weighted by Crippen LogP contribution is -2.35. The highest BCUT2D eigenvalue weighted by atomic mass is 19.3. The molecule has 3 aromatic carbocycles. The first-order chi connectivity index (χ1) is 18.2. The number of allylic oxidation sites excluding steroid dienone is 1. The van der Waals surface area contributed by atoms with Gasteiger partial charge in [0, 0.05) is 23.7 Å². The van der Waals surface area contributed by atoms with Crippen LogP contribution in [-0.2, 0) is 0 Å². The average molecular weight is 522 g/mol. The third-order valence-corrected chi connectivity index (χ3v) is 7.61. The molecule has 5 nitrogen and oxygen atoms in total. The molecule has 0 radical (unpaired) electrons. The van der Waals surface area contributed by atoms with Crippen LogP contribution in [0.25, 0.3) is 11.1 Å². The van der Waals surface area contributed by atoms with Crippen LogP contribution < -0.4 is 9.47 Å². The number of nitrogens with zero attached hydrogens (tertiary/aromatic N) is 1. The first-order valence-corrected chi connectivity index (χ1v) is 13.0. The van der Waals surface area contributed by atoms with Gasteiger partial charge in [0.25, 0.3) is 6.43 Å². The number of phenolic OH excluding ortho intramolecular Hbond substituents is 2. The standard InChI is InChI=1S/C31H33F2NO4/c1-18-12-13-34(16-18)19(2)17-37-24-8-4-21(5-9-24)30-29(22-6-10-25(31(32)33)27(36)14-22)20(3)26-15-23(35)7-11-28(26)38-30/h4-11,14-15,18-19,30-31,35-36H,12-13,16-17H2,1-3H3/t18-,19+,30?/m1/s1. The van der Waals surface area contributed by atoms with Gasteiger partial charge in [0.05, 0.1) is 5.56 Å². The highest BCUT2D eigenvalue weighted by Crippen LogP contribution is 2.48. The van der Waals surface area contributed by atoms with E-state index in [1.807, 2.05) is 31.2 Å². The van der Waals surface area contributed by atoms with Crippen molar-refractivity contribution in [3.63, 3.8) is 0 Å². The Kier molecular flexibility index (Phi) is 7.30. The molecule has 200 valence electrons. The summed E-state index contributed by atoms with van der Waals surface area (Å²) in [6.07, 6.45) is -2.11. The molecule has 1 unspecified atom stereocenters. The van der Waals surface area contributed by atoms with Gasteiger partial charge in [-0.2, -0.15) is 0 Å². The van der Waals surface area contributed by atoms with Crippen LogP contribution in [0.4, 0.5) is 8.78 Å². The van der Waals surface area contributed by atoms with Crippen molar-refractivity contribution in [2.24, 2.45) is 5.92 Å². The zero-order valence-electron chi connectivity index (χ0n) is 21.8. The molecule has 0 aliphatic carbocycles. The topological polar surface area (TPSA) is 62.2 Å². The van der Waals surface area contributed by atoms with Crippen molar-refractivity contribution >= 4 is 11.1 Å². The maximum Gasteiger partial charge on any atom is 0.267 e. The highest BCUT2D eigenvalue weighted by Gasteiger charge is 2.30. The number of likely N-dealkylation sites (tertiary alicyclic amines) is 1. The van der Waals surface area contributed by atoms with Crippen molar-refractivity contribution in [3.05, 3.63) is 82.9 Å². The normalized spacial score (nSPS) is 20.4. The summed E-state index contributed by atoms with van der Waals surface area (Å²) in [4.78, 5) is 2.46. The SMILES string of the molecule is CC1=C(c2ccc(C(F)F)c(O)c2)C(c2ccc(OC[C@H](C)N3CC[C@@H](C)C3)cc2)Oc2ccc(O)cc21. The fourth-order valence-electron chi connectivity index (χ4n) is 5.37. The summed E-state index contributed by atoms with van der Waals surface area (Å²) >= 11 is 0. The van der Waals surface area contributed by atoms with Gasteiger partial charge in [-0.05, 0) is 91.9 Å². The van der Waals surface area contributed by atoms with Crippen LogP contribution in [0, 0.1) is 5.92 Å². The molecule has 0 amide bonds. The molecule has 0 spiro atoms. The number of phenols is 2. The fraction of sp³-hybridized carbons (Fsp3) is 0.355. The first-order valence-electron chi connectivity index (χ1n) is 13.0. The van der Waals surface area contributed by atoms with Crippen molar-refractivity contribution in [2.75, 3.05) is 19.7 Å². The van der Waals surface area contributed by atoms with E-state index in [1.165, 1.54) is 18.6 Å². The second kappa shape index (κ2) is 10.7. The number of hydrogen-bond acceptors (Lipinski definition) is 5. The molecule has 5 rings (SSSR count). The summed E-state index contributed by atoms with van der Waals surface area (Å²) in [6, 6.07) is 17.1. The number of alkyl halides is 2. The minimum atomic E-state index is -2.78. The minimum absolute atomic E-state index is 0.0968. The van der Waals surface area contributed by atoms with E-state index in [9.17, 15) is 19.0 Å². The molecule has 3 atom stereocenters. The number of benzene rings is 3. The van der Waals surface area contributed by atoms with Crippen molar-refractivity contribution in [1.29, 1.82) is 0 Å². The number of ether oxygens (including phenoxy) is 2. The fourth-order valence-corrected chi connectivity index (χ4v) is 5.37. The van der Waals surface area contributed by atoms with Crippen LogP contribution in [-0.4, -0.2) is 40.9 Å². The molecule has 0 bridgehead atoms. The summed E-state index contributed by atoms with van der Waals surface area (Å²) in [6.45, 7) is 9.17. The van der Waals surface area contributed by atoms with Gasteiger partial charge in [-0.1, -0.05) is 25.1 Å². The largest absolute Gasteiger partial charge is 0.508 e. The quantitative estimate of drug-likeness (QED) is 0.344. The molecule has 2 N–H and O–H groups in total. The number of aromatic hydroxyl groups is 2. The van der Waals surface area contributed by atoms with E-state index in [2.05, 4.69) is 18.7 Å². The predicted molar refractivity (Wildman–Crippen MR) is 144 cm³/mol. The second-order valence-electron chi connectivity index (χ2n) is 10.4.